The minimum Gasteiger partial charge on any atom is -0.493 e. The third-order valence-electron chi connectivity index (χ3n) is 4.98. The molecule has 2 heterocycles. The van der Waals surface area contributed by atoms with E-state index in [1.54, 1.807) is 7.11 Å². The Bertz CT molecular complexity index is 930. The van der Waals surface area contributed by atoms with Gasteiger partial charge in [0, 0.05) is 19.7 Å². The highest BCUT2D eigenvalue weighted by Crippen LogP contribution is 2.34. The van der Waals surface area contributed by atoms with Crippen LogP contribution in [0.3, 0.4) is 0 Å². The maximum atomic E-state index is 9.17. The Morgan fingerprint density at radius 3 is 2.61 bits per heavy atom. The fourth-order valence-electron chi connectivity index (χ4n) is 3.49. The number of ether oxygens (including phenoxy) is 3. The van der Waals surface area contributed by atoms with Crippen LogP contribution >= 0.6 is 22.6 Å². The first-order valence-corrected chi connectivity index (χ1v) is 11.2. The van der Waals surface area contributed by atoms with Gasteiger partial charge in [-0.25, -0.2) is 4.98 Å². The first-order valence-electron chi connectivity index (χ1n) is 10.1. The normalized spacial score (nSPS) is 14.1. The lowest BCUT2D eigenvalue weighted by Gasteiger charge is -2.35. The summed E-state index contributed by atoms with van der Waals surface area (Å²) in [6.07, 6.45) is 3.40. The largest absolute Gasteiger partial charge is 0.493 e. The van der Waals surface area contributed by atoms with Crippen molar-refractivity contribution in [2.45, 2.75) is 32.4 Å². The zero-order valence-corrected chi connectivity index (χ0v) is 19.9. The summed E-state index contributed by atoms with van der Waals surface area (Å²) in [5, 5.41) is 12.6. The van der Waals surface area contributed by atoms with E-state index in [-0.39, 0.29) is 24.2 Å². The number of piperidine rings is 1. The number of nitrogens with zero attached hydrogens (tertiary/aromatic N) is 4. The molecule has 9 nitrogen and oxygen atoms in total. The monoisotopic (exact) mass is 538 g/mol. The smallest absolute Gasteiger partial charge is 0.227 e. The number of hydrogen-bond donors (Lipinski definition) is 2. The zero-order valence-electron chi connectivity index (χ0n) is 17.7. The van der Waals surface area contributed by atoms with E-state index in [0.717, 1.165) is 40.8 Å². The van der Waals surface area contributed by atoms with Gasteiger partial charge in [0.1, 0.15) is 28.9 Å². The van der Waals surface area contributed by atoms with E-state index in [0.29, 0.717) is 24.8 Å². The molecule has 0 aliphatic carbocycles. The van der Waals surface area contributed by atoms with Crippen molar-refractivity contribution in [2.24, 2.45) is 0 Å². The van der Waals surface area contributed by atoms with Gasteiger partial charge in [-0.3, -0.25) is 0 Å². The number of rotatable bonds is 9. The van der Waals surface area contributed by atoms with E-state index >= 15 is 0 Å². The molecule has 1 fully saturated rings. The third kappa shape index (κ3) is 5.87. The van der Waals surface area contributed by atoms with E-state index in [9.17, 15) is 0 Å². The lowest BCUT2D eigenvalue weighted by atomic mass is 10.0. The number of anilines is 2. The Labute approximate surface area is 196 Å². The third-order valence-corrected chi connectivity index (χ3v) is 6.05. The van der Waals surface area contributed by atoms with Gasteiger partial charge in [0.25, 0.3) is 0 Å². The highest BCUT2D eigenvalue weighted by molar-refractivity contribution is 14.1. The first kappa shape index (κ1) is 23.3. The summed E-state index contributed by atoms with van der Waals surface area (Å²) in [6, 6.07) is 6.27. The van der Waals surface area contributed by atoms with Crippen molar-refractivity contribution in [1.82, 2.24) is 15.3 Å². The summed E-state index contributed by atoms with van der Waals surface area (Å²) in [4.78, 5) is 11.0. The van der Waals surface area contributed by atoms with Gasteiger partial charge in [0.05, 0.1) is 16.4 Å². The van der Waals surface area contributed by atoms with Crippen LogP contribution in [0.4, 0.5) is 11.8 Å². The molecule has 3 N–H and O–H groups in total. The number of hydrogen-bond acceptors (Lipinski definition) is 9. The van der Waals surface area contributed by atoms with Crippen LogP contribution in [0.2, 0.25) is 0 Å². The van der Waals surface area contributed by atoms with Crippen LogP contribution in [0.15, 0.2) is 18.3 Å². The lowest BCUT2D eigenvalue weighted by molar-refractivity contribution is 0.0502. The molecule has 1 aliphatic rings. The van der Waals surface area contributed by atoms with Crippen LogP contribution in [-0.2, 0) is 11.3 Å². The van der Waals surface area contributed by atoms with Gasteiger partial charge in [-0.15, -0.1) is 0 Å². The number of nitriles is 1. The Kier molecular flexibility index (Phi) is 8.51. The quantitative estimate of drug-likeness (QED) is 0.367. The predicted molar refractivity (Wildman–Crippen MR) is 126 cm³/mol. The number of nitrogen functional groups attached to an aromatic ring is 1. The number of nitrogens with two attached hydrogens (primary N) is 1. The van der Waals surface area contributed by atoms with Crippen molar-refractivity contribution < 1.29 is 14.2 Å². The van der Waals surface area contributed by atoms with Crippen LogP contribution in [0.25, 0.3) is 0 Å². The van der Waals surface area contributed by atoms with E-state index in [1.807, 2.05) is 25.1 Å². The van der Waals surface area contributed by atoms with E-state index in [2.05, 4.69) is 42.8 Å². The van der Waals surface area contributed by atoms with Crippen molar-refractivity contribution in [3.63, 3.8) is 0 Å². The maximum Gasteiger partial charge on any atom is 0.227 e. The molecule has 1 aliphatic heterocycles. The molecule has 1 aromatic heterocycles. The lowest BCUT2D eigenvalue weighted by Crippen LogP contribution is -2.43. The summed E-state index contributed by atoms with van der Waals surface area (Å²) in [5.41, 5.74) is 7.26. The number of aromatic nitrogens is 2. The molecular weight excluding hydrogens is 511 g/mol. The molecule has 0 amide bonds. The molecule has 0 bridgehead atoms. The molecular formula is C21H27IN6O3. The minimum absolute atomic E-state index is 0.151. The van der Waals surface area contributed by atoms with Crippen LogP contribution in [0, 0.1) is 14.9 Å². The van der Waals surface area contributed by atoms with Crippen LogP contribution in [0.1, 0.15) is 30.9 Å². The summed E-state index contributed by atoms with van der Waals surface area (Å²) < 4.78 is 17.6. The number of nitrogens with one attached hydrogen (secondary N) is 1. The second-order valence-electron chi connectivity index (χ2n) is 7.08. The van der Waals surface area contributed by atoms with Gasteiger partial charge in [0.15, 0.2) is 6.79 Å². The average Bonchev–Trinajstić information content (AvgIpc) is 2.79. The molecule has 0 spiro atoms. The molecule has 1 aromatic carbocycles. The molecule has 0 unspecified atom stereocenters. The zero-order chi connectivity index (χ0) is 22.2. The molecule has 10 heteroatoms. The van der Waals surface area contributed by atoms with Gasteiger partial charge in [-0.05, 0) is 73.1 Å². The first-order chi connectivity index (χ1) is 15.1. The van der Waals surface area contributed by atoms with Crippen LogP contribution < -0.4 is 25.4 Å². The van der Waals surface area contributed by atoms with Gasteiger partial charge in [-0.2, -0.15) is 10.2 Å². The molecule has 3 rings (SSSR count). The van der Waals surface area contributed by atoms with Crippen LogP contribution in [-0.4, -0.2) is 49.6 Å². The Morgan fingerprint density at radius 1 is 1.29 bits per heavy atom. The molecule has 0 radical (unpaired) electrons. The fourth-order valence-corrected chi connectivity index (χ4v) is 4.12. The van der Waals surface area contributed by atoms with E-state index in [4.69, 9.17) is 25.2 Å². The predicted octanol–water partition coefficient (Wildman–Crippen LogP) is 2.68. The summed E-state index contributed by atoms with van der Waals surface area (Å²) in [7, 11) is 1.59. The summed E-state index contributed by atoms with van der Waals surface area (Å²) in [5.74, 6) is 2.17. The standard InChI is InChI=1S/C21H27IN6O3/c1-3-30-17-8-14(9-18(19(17)22)31-13-29-2)12-28(16-4-6-25-7-5-16)21-26-11-15(10-23)20(24)27-21/h8-9,11,16,25H,3-7,12-13H2,1-2H3,(H2,24,26,27). The molecule has 2 aromatic rings. The number of methoxy groups -OCH3 is 1. The van der Waals surface area contributed by atoms with Gasteiger partial charge >= 0.3 is 0 Å². The molecule has 166 valence electrons. The van der Waals surface area contributed by atoms with Crippen molar-refractivity contribution in [3.05, 3.63) is 33.0 Å². The van der Waals surface area contributed by atoms with E-state index < -0.39 is 0 Å². The Hall–Kier alpha value is -2.36. The van der Waals surface area contributed by atoms with Crippen molar-refractivity contribution >= 4 is 34.4 Å². The van der Waals surface area contributed by atoms with Gasteiger partial charge < -0.3 is 30.2 Å². The molecule has 31 heavy (non-hydrogen) atoms. The maximum absolute atomic E-state index is 9.17. The molecule has 0 atom stereocenters. The van der Waals surface area contributed by atoms with Crippen molar-refractivity contribution in [3.8, 4) is 17.6 Å². The fraction of sp³-hybridized carbons (Fsp3) is 0.476. The number of halogens is 1. The average molecular weight is 538 g/mol. The Balaban J connectivity index is 1.97. The summed E-state index contributed by atoms with van der Waals surface area (Å²) >= 11 is 2.22. The number of benzene rings is 1. The van der Waals surface area contributed by atoms with Crippen molar-refractivity contribution in [2.75, 3.05) is 44.2 Å². The summed E-state index contributed by atoms with van der Waals surface area (Å²) in [6.45, 7) is 5.05. The second-order valence-corrected chi connectivity index (χ2v) is 8.16. The highest BCUT2D eigenvalue weighted by Gasteiger charge is 2.25. The molecule has 0 saturated carbocycles. The molecule has 1 saturated heterocycles. The highest BCUT2D eigenvalue weighted by atomic mass is 127. The van der Waals surface area contributed by atoms with Gasteiger partial charge in [0.2, 0.25) is 5.95 Å². The minimum atomic E-state index is 0.151. The van der Waals surface area contributed by atoms with Gasteiger partial charge in [-0.1, -0.05) is 0 Å². The van der Waals surface area contributed by atoms with Crippen LogP contribution in [0.5, 0.6) is 11.5 Å². The second kappa shape index (κ2) is 11.3. The SMILES string of the molecule is CCOc1cc(CN(c2ncc(C#N)c(N)n2)C2CCNCC2)cc(OCOC)c1I. The van der Waals surface area contributed by atoms with Crippen molar-refractivity contribution in [1.29, 1.82) is 5.26 Å². The van der Waals surface area contributed by atoms with E-state index in [1.165, 1.54) is 6.20 Å². The Morgan fingerprint density at radius 2 is 2.00 bits per heavy atom. The topological polar surface area (TPSA) is 119 Å².